The Kier molecular flexibility index (Phi) is 5.60. The Hall–Kier alpha value is -0.610. The monoisotopic (exact) mass is 256 g/mol. The Morgan fingerprint density at radius 2 is 2.00 bits per heavy atom. The number of nitrogens with one attached hydrogen (secondary N) is 1. The summed E-state index contributed by atoms with van der Waals surface area (Å²) < 4.78 is 0. The SMILES string of the molecule is CC(C)(C)CC(N)CC(=O)N[C@H]1CCCC[C@@H]1O. The Morgan fingerprint density at radius 3 is 2.56 bits per heavy atom. The molecule has 0 saturated heterocycles. The van der Waals surface area contributed by atoms with Gasteiger partial charge in [-0.25, -0.2) is 0 Å². The number of nitrogens with two attached hydrogens (primary N) is 1. The van der Waals surface area contributed by atoms with Gasteiger partial charge < -0.3 is 16.2 Å². The van der Waals surface area contributed by atoms with Crippen LogP contribution >= 0.6 is 0 Å². The van der Waals surface area contributed by atoms with Crippen LogP contribution in [0.4, 0.5) is 0 Å². The van der Waals surface area contributed by atoms with Crippen LogP contribution in [0.5, 0.6) is 0 Å². The van der Waals surface area contributed by atoms with Crippen molar-refractivity contribution in [2.75, 3.05) is 0 Å². The standard InChI is InChI=1S/C14H28N2O2/c1-14(2,3)9-10(15)8-13(18)16-11-6-4-5-7-12(11)17/h10-12,17H,4-9,15H2,1-3H3,(H,16,18)/t10?,11-,12-/m0/s1. The van der Waals surface area contributed by atoms with Crippen LogP contribution in [0.15, 0.2) is 0 Å². The quantitative estimate of drug-likeness (QED) is 0.714. The lowest BCUT2D eigenvalue weighted by molar-refractivity contribution is -0.123. The minimum absolute atomic E-state index is 0.0299. The Morgan fingerprint density at radius 1 is 1.39 bits per heavy atom. The van der Waals surface area contributed by atoms with Gasteiger partial charge in [0.25, 0.3) is 0 Å². The second kappa shape index (κ2) is 6.53. The largest absolute Gasteiger partial charge is 0.391 e. The summed E-state index contributed by atoms with van der Waals surface area (Å²) in [5, 5.41) is 12.7. The van der Waals surface area contributed by atoms with Crippen molar-refractivity contribution < 1.29 is 9.90 Å². The van der Waals surface area contributed by atoms with Crippen LogP contribution in [0.1, 0.15) is 59.3 Å². The predicted molar refractivity (Wildman–Crippen MR) is 73.1 cm³/mol. The number of hydrogen-bond donors (Lipinski definition) is 3. The number of amides is 1. The first-order valence-corrected chi connectivity index (χ1v) is 7.01. The molecule has 0 aromatic heterocycles. The van der Waals surface area contributed by atoms with Crippen LogP contribution in [-0.2, 0) is 4.79 Å². The second-order valence-corrected chi connectivity index (χ2v) is 6.75. The Balaban J connectivity index is 2.32. The van der Waals surface area contributed by atoms with E-state index in [0.717, 1.165) is 32.1 Å². The Bertz CT molecular complexity index is 273. The lowest BCUT2D eigenvalue weighted by Crippen LogP contribution is -2.46. The van der Waals surface area contributed by atoms with Gasteiger partial charge in [0, 0.05) is 12.5 Å². The molecule has 0 radical (unpaired) electrons. The molecule has 1 fully saturated rings. The molecule has 4 heteroatoms. The molecule has 0 aromatic carbocycles. The maximum absolute atomic E-state index is 11.9. The third-order valence-electron chi connectivity index (χ3n) is 3.40. The highest BCUT2D eigenvalue weighted by Gasteiger charge is 2.25. The first kappa shape index (κ1) is 15.4. The van der Waals surface area contributed by atoms with Crippen molar-refractivity contribution in [3.8, 4) is 0 Å². The molecular formula is C14H28N2O2. The summed E-state index contributed by atoms with van der Waals surface area (Å²) >= 11 is 0. The summed E-state index contributed by atoms with van der Waals surface area (Å²) in [4.78, 5) is 11.9. The molecule has 3 atom stereocenters. The van der Waals surface area contributed by atoms with Crippen LogP contribution < -0.4 is 11.1 Å². The Labute approximate surface area is 110 Å². The van der Waals surface area contributed by atoms with E-state index in [9.17, 15) is 9.90 Å². The number of aliphatic hydroxyl groups excluding tert-OH is 1. The predicted octanol–water partition coefficient (Wildman–Crippen LogP) is 1.56. The third-order valence-corrected chi connectivity index (χ3v) is 3.40. The van der Waals surface area contributed by atoms with Crippen molar-refractivity contribution >= 4 is 5.91 Å². The lowest BCUT2D eigenvalue weighted by Gasteiger charge is -2.29. The minimum atomic E-state index is -0.387. The second-order valence-electron chi connectivity index (χ2n) is 6.75. The van der Waals surface area contributed by atoms with E-state index in [2.05, 4.69) is 26.1 Å². The molecule has 1 saturated carbocycles. The van der Waals surface area contributed by atoms with Gasteiger partial charge in [0.05, 0.1) is 12.1 Å². The van der Waals surface area contributed by atoms with Gasteiger partial charge in [-0.1, -0.05) is 33.6 Å². The zero-order valence-corrected chi connectivity index (χ0v) is 11.9. The van der Waals surface area contributed by atoms with Crippen LogP contribution in [0, 0.1) is 5.41 Å². The summed E-state index contributed by atoms with van der Waals surface area (Å²) in [5.41, 5.74) is 6.12. The van der Waals surface area contributed by atoms with E-state index in [0.29, 0.717) is 6.42 Å². The van der Waals surface area contributed by atoms with E-state index in [-0.39, 0.29) is 29.5 Å². The van der Waals surface area contributed by atoms with Crippen LogP contribution in [0.3, 0.4) is 0 Å². The third kappa shape index (κ3) is 5.83. The van der Waals surface area contributed by atoms with Crippen molar-refractivity contribution in [2.24, 2.45) is 11.1 Å². The molecular weight excluding hydrogens is 228 g/mol. The molecule has 106 valence electrons. The molecule has 1 rings (SSSR count). The molecule has 1 aliphatic carbocycles. The number of carbonyl (C=O) groups excluding carboxylic acids is 1. The zero-order valence-electron chi connectivity index (χ0n) is 11.9. The summed E-state index contributed by atoms with van der Waals surface area (Å²) in [6, 6.07) is -0.182. The first-order chi connectivity index (χ1) is 8.28. The summed E-state index contributed by atoms with van der Waals surface area (Å²) in [6.07, 6.45) is 4.59. The molecule has 18 heavy (non-hydrogen) atoms. The van der Waals surface area contributed by atoms with Gasteiger partial charge >= 0.3 is 0 Å². The summed E-state index contributed by atoms with van der Waals surface area (Å²) in [5.74, 6) is -0.0299. The molecule has 0 aromatic rings. The number of rotatable bonds is 4. The van der Waals surface area contributed by atoms with E-state index >= 15 is 0 Å². The molecule has 1 amide bonds. The van der Waals surface area contributed by atoms with Crippen molar-refractivity contribution in [2.45, 2.75) is 77.5 Å². The minimum Gasteiger partial charge on any atom is -0.391 e. The highest BCUT2D eigenvalue weighted by molar-refractivity contribution is 5.76. The molecule has 1 unspecified atom stereocenters. The molecule has 4 nitrogen and oxygen atoms in total. The molecule has 4 N–H and O–H groups in total. The van der Waals surface area contributed by atoms with Gasteiger partial charge in [0.1, 0.15) is 0 Å². The molecule has 0 spiro atoms. The van der Waals surface area contributed by atoms with E-state index in [1.165, 1.54) is 0 Å². The van der Waals surface area contributed by atoms with Gasteiger partial charge in [-0.3, -0.25) is 4.79 Å². The molecule has 0 aliphatic heterocycles. The smallest absolute Gasteiger partial charge is 0.221 e. The number of hydrogen-bond acceptors (Lipinski definition) is 3. The van der Waals surface area contributed by atoms with E-state index in [1.54, 1.807) is 0 Å². The lowest BCUT2D eigenvalue weighted by atomic mass is 9.87. The zero-order chi connectivity index (χ0) is 13.8. The number of aliphatic hydroxyl groups is 1. The van der Waals surface area contributed by atoms with E-state index < -0.39 is 0 Å². The fraction of sp³-hybridized carbons (Fsp3) is 0.929. The fourth-order valence-electron chi connectivity index (χ4n) is 2.64. The van der Waals surface area contributed by atoms with Gasteiger partial charge in [-0.15, -0.1) is 0 Å². The van der Waals surface area contributed by atoms with Crippen LogP contribution in [0.2, 0.25) is 0 Å². The summed E-state index contributed by atoms with van der Waals surface area (Å²) in [7, 11) is 0. The topological polar surface area (TPSA) is 75.4 Å². The molecule has 1 aliphatic rings. The van der Waals surface area contributed by atoms with Crippen LogP contribution in [-0.4, -0.2) is 29.2 Å². The van der Waals surface area contributed by atoms with Crippen LogP contribution in [0.25, 0.3) is 0 Å². The van der Waals surface area contributed by atoms with Gasteiger partial charge in [0.2, 0.25) is 5.91 Å². The van der Waals surface area contributed by atoms with E-state index in [1.807, 2.05) is 0 Å². The maximum Gasteiger partial charge on any atom is 0.221 e. The van der Waals surface area contributed by atoms with Crippen molar-refractivity contribution in [3.05, 3.63) is 0 Å². The van der Waals surface area contributed by atoms with Crippen molar-refractivity contribution in [1.82, 2.24) is 5.32 Å². The fourth-order valence-corrected chi connectivity index (χ4v) is 2.64. The highest BCUT2D eigenvalue weighted by atomic mass is 16.3. The molecule has 0 bridgehead atoms. The number of carbonyl (C=O) groups is 1. The van der Waals surface area contributed by atoms with E-state index in [4.69, 9.17) is 5.73 Å². The van der Waals surface area contributed by atoms with Gasteiger partial charge in [-0.05, 0) is 24.7 Å². The van der Waals surface area contributed by atoms with Crippen molar-refractivity contribution in [3.63, 3.8) is 0 Å². The van der Waals surface area contributed by atoms with Crippen molar-refractivity contribution in [1.29, 1.82) is 0 Å². The highest BCUT2D eigenvalue weighted by Crippen LogP contribution is 2.22. The maximum atomic E-state index is 11.9. The van der Waals surface area contributed by atoms with Gasteiger partial charge in [-0.2, -0.15) is 0 Å². The normalized spacial score (nSPS) is 26.7. The average molecular weight is 256 g/mol. The first-order valence-electron chi connectivity index (χ1n) is 7.01. The summed E-state index contributed by atoms with van der Waals surface area (Å²) in [6.45, 7) is 6.36. The van der Waals surface area contributed by atoms with Gasteiger partial charge in [0.15, 0.2) is 0 Å². The molecule has 0 heterocycles. The average Bonchev–Trinajstić information content (AvgIpc) is 2.18.